The monoisotopic (exact) mass is 461 g/mol. The van der Waals surface area contributed by atoms with E-state index in [4.69, 9.17) is 38.3 Å². The zero-order valence-corrected chi connectivity index (χ0v) is 18.8. The molecule has 2 aliphatic heterocycles. The molecule has 30 heavy (non-hydrogen) atoms. The zero-order valence-electron chi connectivity index (χ0n) is 16.4. The number of anilines is 1. The standard InChI is InChI=1S/C21H21Cl2N5OS/c1-13-18(24)21(12-29-13)5-8-27(9-6-21)20-26-11-16(19-25-7-10-28(19)20)30-15-4-2-3-14(22)17(15)23/h2-4,7,10-11,13,24H,5-6,8-9,12H2,1H3/t13-/m0/s1. The number of ether oxygens (including phenoxy) is 1. The first-order chi connectivity index (χ1) is 14.5. The molecule has 0 amide bonds. The average molecular weight is 462 g/mol. The summed E-state index contributed by atoms with van der Waals surface area (Å²) >= 11 is 14.0. The number of rotatable bonds is 3. The zero-order chi connectivity index (χ0) is 20.9. The van der Waals surface area contributed by atoms with Crippen LogP contribution in [0.25, 0.3) is 5.65 Å². The van der Waals surface area contributed by atoms with Gasteiger partial charge in [-0.25, -0.2) is 9.97 Å². The van der Waals surface area contributed by atoms with Gasteiger partial charge in [0.15, 0.2) is 5.65 Å². The molecule has 2 aromatic heterocycles. The first-order valence-electron chi connectivity index (χ1n) is 9.88. The minimum absolute atomic E-state index is 0.0651. The Balaban J connectivity index is 1.41. The molecule has 1 N–H and O–H groups in total. The smallest absolute Gasteiger partial charge is 0.211 e. The van der Waals surface area contributed by atoms with Gasteiger partial charge in [-0.1, -0.05) is 41.0 Å². The Hall–Kier alpha value is -1.80. The lowest BCUT2D eigenvalue weighted by molar-refractivity contribution is 0.0978. The van der Waals surface area contributed by atoms with E-state index in [2.05, 4.69) is 9.88 Å². The van der Waals surface area contributed by atoms with Crippen LogP contribution in [0, 0.1) is 10.8 Å². The van der Waals surface area contributed by atoms with E-state index in [0.29, 0.717) is 16.7 Å². The van der Waals surface area contributed by atoms with E-state index in [9.17, 15) is 0 Å². The van der Waals surface area contributed by atoms with Crippen LogP contribution in [0.3, 0.4) is 0 Å². The number of benzene rings is 1. The molecular formula is C21H21Cl2N5OS. The minimum Gasteiger partial charge on any atom is -0.372 e. The van der Waals surface area contributed by atoms with Gasteiger partial charge in [0.2, 0.25) is 5.95 Å². The van der Waals surface area contributed by atoms with Crippen molar-refractivity contribution in [2.24, 2.45) is 5.41 Å². The molecule has 3 aromatic rings. The van der Waals surface area contributed by atoms with E-state index in [-0.39, 0.29) is 11.5 Å². The number of nitrogens with one attached hydrogen (secondary N) is 1. The van der Waals surface area contributed by atoms with Crippen LogP contribution in [0.2, 0.25) is 10.0 Å². The lowest BCUT2D eigenvalue weighted by Crippen LogP contribution is -2.45. The van der Waals surface area contributed by atoms with Crippen LogP contribution < -0.4 is 4.90 Å². The van der Waals surface area contributed by atoms with Crippen molar-refractivity contribution >= 4 is 52.3 Å². The minimum atomic E-state index is -0.108. The van der Waals surface area contributed by atoms with Crippen LogP contribution in [0.15, 0.2) is 46.6 Å². The molecule has 1 spiro atoms. The molecule has 0 aliphatic carbocycles. The highest BCUT2D eigenvalue weighted by molar-refractivity contribution is 7.99. The third kappa shape index (κ3) is 3.28. The fraction of sp³-hybridized carbons (Fsp3) is 0.381. The molecule has 6 nitrogen and oxygen atoms in total. The van der Waals surface area contributed by atoms with Gasteiger partial charge in [-0.2, -0.15) is 0 Å². The molecule has 156 valence electrons. The van der Waals surface area contributed by atoms with Gasteiger partial charge in [-0.3, -0.25) is 4.40 Å². The van der Waals surface area contributed by atoms with E-state index in [1.54, 1.807) is 12.3 Å². The summed E-state index contributed by atoms with van der Waals surface area (Å²) in [6.07, 6.45) is 7.33. The lowest BCUT2D eigenvalue weighted by atomic mass is 9.75. The SMILES string of the molecule is C[C@@H]1OCC2(CCN(c3ncc(Sc4cccc(Cl)c4Cl)c4nccn34)CC2)C1=N. The molecule has 4 heterocycles. The largest absolute Gasteiger partial charge is 0.372 e. The Morgan fingerprint density at radius 3 is 2.73 bits per heavy atom. The predicted octanol–water partition coefficient (Wildman–Crippen LogP) is 5.21. The first-order valence-corrected chi connectivity index (χ1v) is 11.5. The molecule has 2 aliphatic rings. The summed E-state index contributed by atoms with van der Waals surface area (Å²) in [5.41, 5.74) is 1.48. The summed E-state index contributed by atoms with van der Waals surface area (Å²) in [6.45, 7) is 4.31. The van der Waals surface area contributed by atoms with Gasteiger partial charge in [-0.15, -0.1) is 0 Å². The van der Waals surface area contributed by atoms with Gasteiger partial charge in [0.05, 0.1) is 27.7 Å². The number of nitrogens with zero attached hydrogens (tertiary/aromatic N) is 4. The van der Waals surface area contributed by atoms with Crippen LogP contribution in [0.5, 0.6) is 0 Å². The fourth-order valence-corrected chi connectivity index (χ4v) is 5.70. The van der Waals surface area contributed by atoms with Crippen LogP contribution in [0.1, 0.15) is 19.8 Å². The topological polar surface area (TPSA) is 66.5 Å². The highest BCUT2D eigenvalue weighted by atomic mass is 35.5. The van der Waals surface area contributed by atoms with E-state index < -0.39 is 0 Å². The van der Waals surface area contributed by atoms with Gasteiger partial charge < -0.3 is 15.0 Å². The predicted molar refractivity (Wildman–Crippen MR) is 121 cm³/mol. The first kappa shape index (κ1) is 20.1. The average Bonchev–Trinajstić information content (AvgIpc) is 3.35. The van der Waals surface area contributed by atoms with Gasteiger partial charge >= 0.3 is 0 Å². The molecule has 0 saturated carbocycles. The van der Waals surface area contributed by atoms with Crippen LogP contribution in [-0.4, -0.2) is 45.9 Å². The maximum atomic E-state index is 8.44. The van der Waals surface area contributed by atoms with E-state index in [1.807, 2.05) is 35.9 Å². The Morgan fingerprint density at radius 2 is 2.00 bits per heavy atom. The summed E-state index contributed by atoms with van der Waals surface area (Å²) in [7, 11) is 0. The van der Waals surface area contributed by atoms with Crippen molar-refractivity contribution < 1.29 is 4.74 Å². The quantitative estimate of drug-likeness (QED) is 0.579. The van der Waals surface area contributed by atoms with E-state index >= 15 is 0 Å². The van der Waals surface area contributed by atoms with E-state index in [1.165, 1.54) is 11.8 Å². The Kier molecular flexibility index (Phi) is 5.17. The fourth-order valence-electron chi connectivity index (χ4n) is 4.30. The van der Waals surface area contributed by atoms with Crippen LogP contribution in [0.4, 0.5) is 5.95 Å². The van der Waals surface area contributed by atoms with Crippen molar-refractivity contribution in [1.29, 1.82) is 5.41 Å². The Morgan fingerprint density at radius 1 is 1.20 bits per heavy atom. The molecular weight excluding hydrogens is 441 g/mol. The Labute approximate surface area is 189 Å². The number of hydrogen-bond donors (Lipinski definition) is 1. The maximum absolute atomic E-state index is 8.44. The van der Waals surface area contributed by atoms with Crippen molar-refractivity contribution in [2.75, 3.05) is 24.6 Å². The second-order valence-corrected chi connectivity index (χ2v) is 9.70. The number of imidazole rings is 1. The summed E-state index contributed by atoms with van der Waals surface area (Å²) in [4.78, 5) is 13.4. The molecule has 2 fully saturated rings. The highest BCUT2D eigenvalue weighted by Crippen LogP contribution is 2.41. The number of halogens is 2. The third-order valence-electron chi connectivity index (χ3n) is 6.10. The second kappa shape index (κ2) is 7.71. The number of piperidine rings is 1. The maximum Gasteiger partial charge on any atom is 0.211 e. The van der Waals surface area contributed by atoms with Crippen molar-refractivity contribution in [3.05, 3.63) is 46.8 Å². The molecule has 2 saturated heterocycles. The van der Waals surface area contributed by atoms with Gasteiger partial charge in [0.25, 0.3) is 0 Å². The molecule has 1 atom stereocenters. The van der Waals surface area contributed by atoms with Crippen molar-refractivity contribution in [2.45, 2.75) is 35.7 Å². The van der Waals surface area contributed by atoms with Gasteiger partial charge in [-0.05, 0) is 31.9 Å². The Bertz CT molecular complexity index is 1130. The summed E-state index contributed by atoms with van der Waals surface area (Å²) in [5, 5.41) is 9.51. The summed E-state index contributed by atoms with van der Waals surface area (Å²) < 4.78 is 7.78. The lowest BCUT2D eigenvalue weighted by Gasteiger charge is -2.39. The van der Waals surface area contributed by atoms with Gasteiger partial charge in [0.1, 0.15) is 0 Å². The van der Waals surface area contributed by atoms with E-state index in [0.717, 1.165) is 53.0 Å². The normalized spacial score (nSPS) is 21.1. The molecule has 5 rings (SSSR count). The summed E-state index contributed by atoms with van der Waals surface area (Å²) in [5.74, 6) is 0.873. The van der Waals surface area contributed by atoms with Gasteiger partial charge in [0, 0.05) is 47.7 Å². The highest BCUT2D eigenvalue weighted by Gasteiger charge is 2.46. The van der Waals surface area contributed by atoms with Crippen LogP contribution in [-0.2, 0) is 4.74 Å². The molecule has 0 unspecified atom stereocenters. The number of hydrogen-bond acceptors (Lipinski definition) is 6. The molecule has 9 heteroatoms. The second-order valence-electron chi connectivity index (χ2n) is 7.83. The third-order valence-corrected chi connectivity index (χ3v) is 8.10. The molecule has 1 aromatic carbocycles. The van der Waals surface area contributed by atoms with Crippen LogP contribution >= 0.6 is 35.0 Å². The van der Waals surface area contributed by atoms with Crippen molar-refractivity contribution in [3.63, 3.8) is 0 Å². The van der Waals surface area contributed by atoms with Crippen molar-refractivity contribution in [1.82, 2.24) is 14.4 Å². The number of fused-ring (bicyclic) bond motifs is 1. The number of aromatic nitrogens is 3. The van der Waals surface area contributed by atoms with Crippen molar-refractivity contribution in [3.8, 4) is 0 Å². The summed E-state index contributed by atoms with van der Waals surface area (Å²) in [6, 6.07) is 5.60. The molecule has 0 radical (unpaired) electrons. The molecule has 0 bridgehead atoms.